The van der Waals surface area contributed by atoms with Crippen molar-refractivity contribution in [3.05, 3.63) is 29.3 Å². The van der Waals surface area contributed by atoms with Gasteiger partial charge < -0.3 is 10.6 Å². The monoisotopic (exact) mass is 200 g/mol. The lowest BCUT2D eigenvalue weighted by molar-refractivity contribution is 0.0824. The molecule has 0 saturated heterocycles. The van der Waals surface area contributed by atoms with E-state index in [1.807, 2.05) is 0 Å². The zero-order chi connectivity index (χ0) is 10.9. The Bertz CT molecular complexity index is 354. The van der Waals surface area contributed by atoms with Gasteiger partial charge in [-0.3, -0.25) is 4.79 Å². The third-order valence-electron chi connectivity index (χ3n) is 1.71. The molecule has 0 atom stereocenters. The maximum Gasteiger partial charge on any atom is 0.258 e. The molecule has 5 heteroatoms. The SMILES string of the molecule is CN(C)C(=O)c1c(N)cc(F)cc1F. The second-order valence-electron chi connectivity index (χ2n) is 3.05. The molecule has 1 aromatic carbocycles. The van der Waals surface area contributed by atoms with Crippen LogP contribution in [0.25, 0.3) is 0 Å². The smallest absolute Gasteiger partial charge is 0.258 e. The van der Waals surface area contributed by atoms with Crippen molar-refractivity contribution in [3.63, 3.8) is 0 Å². The lowest BCUT2D eigenvalue weighted by Gasteiger charge is -2.12. The molecule has 0 fully saturated rings. The summed E-state index contributed by atoms with van der Waals surface area (Å²) in [6.45, 7) is 0. The summed E-state index contributed by atoms with van der Waals surface area (Å²) >= 11 is 0. The fourth-order valence-electron chi connectivity index (χ4n) is 1.04. The summed E-state index contributed by atoms with van der Waals surface area (Å²) in [7, 11) is 2.93. The number of rotatable bonds is 1. The number of benzene rings is 1. The van der Waals surface area contributed by atoms with Gasteiger partial charge in [0.2, 0.25) is 0 Å². The highest BCUT2D eigenvalue weighted by molar-refractivity contribution is 5.99. The lowest BCUT2D eigenvalue weighted by Crippen LogP contribution is -2.24. The summed E-state index contributed by atoms with van der Waals surface area (Å²) < 4.78 is 25.8. The number of nitrogens with zero attached hydrogens (tertiary/aromatic N) is 1. The largest absolute Gasteiger partial charge is 0.398 e. The van der Waals surface area contributed by atoms with E-state index in [0.29, 0.717) is 6.07 Å². The van der Waals surface area contributed by atoms with Crippen molar-refractivity contribution in [3.8, 4) is 0 Å². The fourth-order valence-corrected chi connectivity index (χ4v) is 1.04. The molecule has 0 bridgehead atoms. The van der Waals surface area contributed by atoms with Crippen molar-refractivity contribution in [2.45, 2.75) is 0 Å². The van der Waals surface area contributed by atoms with Gasteiger partial charge in [0.25, 0.3) is 5.91 Å². The summed E-state index contributed by atoms with van der Waals surface area (Å²) in [6, 6.07) is 1.55. The van der Waals surface area contributed by atoms with E-state index in [4.69, 9.17) is 5.73 Å². The maximum atomic E-state index is 13.2. The van der Waals surface area contributed by atoms with Gasteiger partial charge in [-0.05, 0) is 6.07 Å². The maximum absolute atomic E-state index is 13.2. The van der Waals surface area contributed by atoms with Gasteiger partial charge in [0.15, 0.2) is 0 Å². The van der Waals surface area contributed by atoms with Crippen LogP contribution in [0.5, 0.6) is 0 Å². The molecule has 3 nitrogen and oxygen atoms in total. The van der Waals surface area contributed by atoms with Crippen LogP contribution in [0.15, 0.2) is 12.1 Å². The third kappa shape index (κ3) is 1.81. The van der Waals surface area contributed by atoms with Crippen LogP contribution in [0, 0.1) is 11.6 Å². The van der Waals surface area contributed by atoms with E-state index in [1.165, 1.54) is 19.0 Å². The van der Waals surface area contributed by atoms with E-state index >= 15 is 0 Å². The molecule has 2 N–H and O–H groups in total. The van der Waals surface area contributed by atoms with Gasteiger partial charge in [-0.15, -0.1) is 0 Å². The number of nitrogens with two attached hydrogens (primary N) is 1. The molecule has 1 rings (SSSR count). The normalized spacial score (nSPS) is 10.0. The van der Waals surface area contributed by atoms with E-state index < -0.39 is 17.5 Å². The van der Waals surface area contributed by atoms with Gasteiger partial charge in [-0.25, -0.2) is 8.78 Å². The standard InChI is InChI=1S/C9H10F2N2O/c1-13(2)9(14)8-6(11)3-5(10)4-7(8)12/h3-4H,12H2,1-2H3. The molecule has 0 aromatic heterocycles. The van der Waals surface area contributed by atoms with Crippen LogP contribution in [-0.2, 0) is 0 Å². The van der Waals surface area contributed by atoms with E-state index in [1.54, 1.807) is 0 Å². The summed E-state index contributed by atoms with van der Waals surface area (Å²) in [6.07, 6.45) is 0. The fraction of sp³-hybridized carbons (Fsp3) is 0.222. The number of anilines is 1. The molecule has 0 aliphatic heterocycles. The van der Waals surface area contributed by atoms with Crippen LogP contribution < -0.4 is 5.73 Å². The first kappa shape index (κ1) is 10.4. The number of carbonyl (C=O) groups is 1. The molecule has 0 saturated carbocycles. The molecule has 0 aliphatic rings. The Hall–Kier alpha value is -1.65. The van der Waals surface area contributed by atoms with Gasteiger partial charge in [-0.1, -0.05) is 0 Å². The second-order valence-corrected chi connectivity index (χ2v) is 3.05. The minimum atomic E-state index is -0.943. The zero-order valence-corrected chi connectivity index (χ0v) is 7.84. The van der Waals surface area contributed by atoms with E-state index in [-0.39, 0.29) is 11.3 Å². The molecule has 0 radical (unpaired) electrons. The molecule has 0 spiro atoms. The predicted molar refractivity (Wildman–Crippen MR) is 48.8 cm³/mol. The Morgan fingerprint density at radius 2 is 1.93 bits per heavy atom. The Balaban J connectivity index is 3.28. The van der Waals surface area contributed by atoms with Crippen LogP contribution in [0.4, 0.5) is 14.5 Å². The predicted octanol–water partition coefficient (Wildman–Crippen LogP) is 1.25. The average Bonchev–Trinajstić information content (AvgIpc) is 2.01. The Labute approximate surface area is 80.1 Å². The van der Waals surface area contributed by atoms with Gasteiger partial charge in [0.1, 0.15) is 11.6 Å². The topological polar surface area (TPSA) is 46.3 Å². The zero-order valence-electron chi connectivity index (χ0n) is 7.84. The molecular formula is C9H10F2N2O. The summed E-state index contributed by atoms with van der Waals surface area (Å²) in [4.78, 5) is 12.6. The Kier molecular flexibility index (Phi) is 2.69. The first-order valence-corrected chi connectivity index (χ1v) is 3.89. The minimum absolute atomic E-state index is 0.193. The van der Waals surface area contributed by atoms with Crippen LogP contribution in [0.1, 0.15) is 10.4 Å². The molecule has 76 valence electrons. The van der Waals surface area contributed by atoms with Crippen LogP contribution in [0.3, 0.4) is 0 Å². The number of amides is 1. The highest BCUT2D eigenvalue weighted by Crippen LogP contribution is 2.19. The van der Waals surface area contributed by atoms with Crippen molar-refractivity contribution in [2.75, 3.05) is 19.8 Å². The van der Waals surface area contributed by atoms with Crippen LogP contribution in [-0.4, -0.2) is 24.9 Å². The summed E-state index contributed by atoms with van der Waals surface area (Å²) in [5.74, 6) is -2.32. The lowest BCUT2D eigenvalue weighted by atomic mass is 10.1. The van der Waals surface area contributed by atoms with Gasteiger partial charge >= 0.3 is 0 Å². The number of nitrogen functional groups attached to an aromatic ring is 1. The first-order chi connectivity index (χ1) is 6.43. The second kappa shape index (κ2) is 3.61. The molecular weight excluding hydrogens is 190 g/mol. The van der Waals surface area contributed by atoms with E-state index in [2.05, 4.69) is 0 Å². The highest BCUT2D eigenvalue weighted by Gasteiger charge is 2.18. The van der Waals surface area contributed by atoms with Crippen molar-refractivity contribution in [2.24, 2.45) is 0 Å². The quantitative estimate of drug-likeness (QED) is 0.693. The Morgan fingerprint density at radius 3 is 2.36 bits per heavy atom. The number of hydrogen-bond acceptors (Lipinski definition) is 2. The van der Waals surface area contributed by atoms with Gasteiger partial charge in [-0.2, -0.15) is 0 Å². The molecule has 1 aromatic rings. The molecule has 14 heavy (non-hydrogen) atoms. The summed E-state index contributed by atoms with van der Waals surface area (Å²) in [5.41, 5.74) is 4.85. The van der Waals surface area contributed by atoms with Crippen molar-refractivity contribution < 1.29 is 13.6 Å². The molecule has 1 amide bonds. The number of hydrogen-bond donors (Lipinski definition) is 1. The minimum Gasteiger partial charge on any atom is -0.398 e. The van der Waals surface area contributed by atoms with Crippen molar-refractivity contribution >= 4 is 11.6 Å². The number of carbonyl (C=O) groups excluding carboxylic acids is 1. The number of halogens is 2. The summed E-state index contributed by atoms with van der Waals surface area (Å²) in [5, 5.41) is 0. The Morgan fingerprint density at radius 1 is 1.36 bits per heavy atom. The molecule has 0 unspecified atom stereocenters. The van der Waals surface area contributed by atoms with Crippen LogP contribution >= 0.6 is 0 Å². The van der Waals surface area contributed by atoms with Crippen molar-refractivity contribution in [1.29, 1.82) is 0 Å². The average molecular weight is 200 g/mol. The van der Waals surface area contributed by atoms with Crippen LogP contribution in [0.2, 0.25) is 0 Å². The van der Waals surface area contributed by atoms with Gasteiger partial charge in [0.05, 0.1) is 11.3 Å². The highest BCUT2D eigenvalue weighted by atomic mass is 19.1. The molecule has 0 aliphatic carbocycles. The third-order valence-corrected chi connectivity index (χ3v) is 1.71. The van der Waals surface area contributed by atoms with Crippen molar-refractivity contribution in [1.82, 2.24) is 4.90 Å². The molecule has 0 heterocycles. The van der Waals surface area contributed by atoms with E-state index in [9.17, 15) is 13.6 Å². The van der Waals surface area contributed by atoms with E-state index in [0.717, 1.165) is 6.07 Å². The first-order valence-electron chi connectivity index (χ1n) is 3.89. The van der Waals surface area contributed by atoms with Gasteiger partial charge in [0, 0.05) is 20.2 Å².